The second kappa shape index (κ2) is 6.59. The highest BCUT2D eigenvalue weighted by atomic mass is 16.5. The molecule has 2 aromatic heterocycles. The third-order valence-electron chi connectivity index (χ3n) is 4.75. The summed E-state index contributed by atoms with van der Waals surface area (Å²) in [4.78, 5) is 14.6. The van der Waals surface area contributed by atoms with E-state index in [1.165, 1.54) is 19.3 Å². The van der Waals surface area contributed by atoms with Gasteiger partial charge in [0.2, 0.25) is 5.88 Å². The summed E-state index contributed by atoms with van der Waals surface area (Å²) in [5.41, 5.74) is 2.27. The van der Waals surface area contributed by atoms with Crippen molar-refractivity contribution in [2.75, 3.05) is 23.3 Å². The molecule has 0 atom stereocenters. The van der Waals surface area contributed by atoms with Crippen molar-refractivity contribution in [2.24, 2.45) is 0 Å². The molecule has 7 nitrogen and oxygen atoms in total. The average Bonchev–Trinajstić information content (AvgIpc) is 3.06. The molecule has 0 spiro atoms. The Labute approximate surface area is 140 Å². The minimum atomic E-state index is -0.308. The van der Waals surface area contributed by atoms with E-state index < -0.39 is 0 Å². The Hall–Kier alpha value is -2.44. The number of hydrogen-bond donors (Lipinski definition) is 1. The third-order valence-corrected chi connectivity index (χ3v) is 4.75. The standard InChI is InChI=1S/C17H21N5O2/c23-16(18-17-12-6-2-3-7-13(12)21-24-17)14-8-9-15(20-19-14)22-10-4-1-5-11-22/h8-9H,1-7,10-11H2,(H,18,23). The van der Waals surface area contributed by atoms with E-state index in [-0.39, 0.29) is 11.6 Å². The van der Waals surface area contributed by atoms with Gasteiger partial charge in [-0.25, -0.2) is 0 Å². The maximum atomic E-state index is 12.4. The first kappa shape index (κ1) is 15.1. The molecule has 7 heteroatoms. The van der Waals surface area contributed by atoms with Gasteiger partial charge < -0.3 is 9.42 Å². The van der Waals surface area contributed by atoms with E-state index in [4.69, 9.17) is 4.52 Å². The fourth-order valence-corrected chi connectivity index (χ4v) is 3.39. The van der Waals surface area contributed by atoms with E-state index in [9.17, 15) is 4.79 Å². The number of fused-ring (bicyclic) bond motifs is 1. The molecule has 1 saturated heterocycles. The number of piperidine rings is 1. The molecule has 0 radical (unpaired) electrons. The van der Waals surface area contributed by atoms with Crippen LogP contribution >= 0.6 is 0 Å². The number of amides is 1. The highest BCUT2D eigenvalue weighted by Crippen LogP contribution is 2.27. The van der Waals surface area contributed by atoms with Gasteiger partial charge >= 0.3 is 0 Å². The Morgan fingerprint density at radius 1 is 1.04 bits per heavy atom. The van der Waals surface area contributed by atoms with E-state index in [1.807, 2.05) is 6.07 Å². The molecule has 0 aromatic carbocycles. The van der Waals surface area contributed by atoms with E-state index in [2.05, 4.69) is 25.6 Å². The Kier molecular flexibility index (Phi) is 4.15. The van der Waals surface area contributed by atoms with Crippen molar-refractivity contribution in [1.82, 2.24) is 15.4 Å². The largest absolute Gasteiger partial charge is 0.355 e. The van der Waals surface area contributed by atoms with Crippen LogP contribution in [0.15, 0.2) is 16.7 Å². The lowest BCUT2D eigenvalue weighted by Gasteiger charge is -2.27. The van der Waals surface area contributed by atoms with Gasteiger partial charge in [-0.1, -0.05) is 5.16 Å². The smallest absolute Gasteiger partial charge is 0.278 e. The number of aryl methyl sites for hydroxylation is 1. The van der Waals surface area contributed by atoms with Crippen molar-refractivity contribution in [3.8, 4) is 0 Å². The molecule has 1 fully saturated rings. The molecule has 2 aliphatic rings. The Bertz CT molecular complexity index is 719. The summed E-state index contributed by atoms with van der Waals surface area (Å²) in [7, 11) is 0. The van der Waals surface area contributed by atoms with Crippen LogP contribution in [0.3, 0.4) is 0 Å². The zero-order valence-corrected chi connectivity index (χ0v) is 13.6. The Morgan fingerprint density at radius 2 is 1.88 bits per heavy atom. The molecule has 1 aliphatic heterocycles. The lowest BCUT2D eigenvalue weighted by molar-refractivity contribution is 0.101. The number of anilines is 2. The lowest BCUT2D eigenvalue weighted by Crippen LogP contribution is -2.30. The normalized spacial score (nSPS) is 17.4. The number of hydrogen-bond acceptors (Lipinski definition) is 6. The van der Waals surface area contributed by atoms with Crippen molar-refractivity contribution >= 4 is 17.6 Å². The van der Waals surface area contributed by atoms with Gasteiger partial charge in [0, 0.05) is 18.7 Å². The van der Waals surface area contributed by atoms with Crippen LogP contribution in [0.4, 0.5) is 11.7 Å². The van der Waals surface area contributed by atoms with E-state index in [0.29, 0.717) is 5.88 Å². The van der Waals surface area contributed by atoms with Gasteiger partial charge in [-0.3, -0.25) is 10.1 Å². The van der Waals surface area contributed by atoms with Crippen LogP contribution in [0, 0.1) is 0 Å². The molecule has 4 rings (SSSR count). The van der Waals surface area contributed by atoms with Gasteiger partial charge in [0.15, 0.2) is 11.5 Å². The zero-order valence-electron chi connectivity index (χ0n) is 13.6. The monoisotopic (exact) mass is 327 g/mol. The first-order valence-corrected chi connectivity index (χ1v) is 8.69. The predicted octanol–water partition coefficient (Wildman–Crippen LogP) is 2.59. The van der Waals surface area contributed by atoms with Gasteiger partial charge in [-0.05, 0) is 57.1 Å². The van der Waals surface area contributed by atoms with Crippen LogP contribution in [0.2, 0.25) is 0 Å². The molecule has 2 aromatic rings. The van der Waals surface area contributed by atoms with Crippen LogP contribution in [0.5, 0.6) is 0 Å². The van der Waals surface area contributed by atoms with E-state index in [0.717, 1.165) is 55.8 Å². The fraction of sp³-hybridized carbons (Fsp3) is 0.529. The van der Waals surface area contributed by atoms with Crippen LogP contribution in [0.25, 0.3) is 0 Å². The molecular formula is C17H21N5O2. The van der Waals surface area contributed by atoms with Crippen LogP contribution in [-0.2, 0) is 12.8 Å². The van der Waals surface area contributed by atoms with Gasteiger partial charge in [0.25, 0.3) is 5.91 Å². The highest BCUT2D eigenvalue weighted by Gasteiger charge is 2.22. The first-order valence-electron chi connectivity index (χ1n) is 8.69. The topological polar surface area (TPSA) is 84.2 Å². The van der Waals surface area contributed by atoms with E-state index >= 15 is 0 Å². The number of nitrogens with one attached hydrogen (secondary N) is 1. The summed E-state index contributed by atoms with van der Waals surface area (Å²) in [6.07, 6.45) is 7.66. The van der Waals surface area contributed by atoms with Gasteiger partial charge in [-0.2, -0.15) is 0 Å². The molecule has 0 bridgehead atoms. The van der Waals surface area contributed by atoms with Crippen LogP contribution in [-0.4, -0.2) is 34.4 Å². The SMILES string of the molecule is O=C(Nc1onc2c1CCCC2)c1ccc(N2CCCCC2)nn1. The average molecular weight is 327 g/mol. The molecular weight excluding hydrogens is 306 g/mol. The molecule has 126 valence electrons. The highest BCUT2D eigenvalue weighted by molar-refractivity contribution is 6.02. The Morgan fingerprint density at radius 3 is 2.67 bits per heavy atom. The van der Waals surface area contributed by atoms with Gasteiger partial charge in [-0.15, -0.1) is 10.2 Å². The summed E-state index contributed by atoms with van der Waals surface area (Å²) in [6, 6.07) is 3.58. The molecule has 1 N–H and O–H groups in total. The number of aromatic nitrogens is 3. The fourth-order valence-electron chi connectivity index (χ4n) is 3.39. The molecule has 1 aliphatic carbocycles. The van der Waals surface area contributed by atoms with Crippen molar-refractivity contribution in [1.29, 1.82) is 0 Å². The molecule has 0 unspecified atom stereocenters. The summed E-state index contributed by atoms with van der Waals surface area (Å²) in [5.74, 6) is 0.983. The lowest BCUT2D eigenvalue weighted by atomic mass is 9.98. The molecule has 3 heterocycles. The second-order valence-electron chi connectivity index (χ2n) is 6.42. The first-order chi connectivity index (χ1) is 11.8. The maximum Gasteiger partial charge on any atom is 0.278 e. The molecule has 0 saturated carbocycles. The third kappa shape index (κ3) is 2.98. The minimum absolute atomic E-state index is 0.289. The van der Waals surface area contributed by atoms with Gasteiger partial charge in [0.1, 0.15) is 0 Å². The zero-order chi connectivity index (χ0) is 16.4. The van der Waals surface area contributed by atoms with Crippen molar-refractivity contribution in [3.63, 3.8) is 0 Å². The summed E-state index contributed by atoms with van der Waals surface area (Å²) in [6.45, 7) is 2.01. The minimum Gasteiger partial charge on any atom is -0.355 e. The Balaban J connectivity index is 1.45. The van der Waals surface area contributed by atoms with Crippen molar-refractivity contribution < 1.29 is 9.32 Å². The number of nitrogens with zero attached hydrogens (tertiary/aromatic N) is 4. The van der Waals surface area contributed by atoms with Crippen molar-refractivity contribution in [2.45, 2.75) is 44.9 Å². The van der Waals surface area contributed by atoms with Gasteiger partial charge in [0.05, 0.1) is 5.69 Å². The predicted molar refractivity (Wildman–Crippen MR) is 89.2 cm³/mol. The number of carbonyl (C=O) groups excluding carboxylic acids is 1. The second-order valence-corrected chi connectivity index (χ2v) is 6.42. The quantitative estimate of drug-likeness (QED) is 0.933. The number of carbonyl (C=O) groups is 1. The van der Waals surface area contributed by atoms with Crippen molar-refractivity contribution in [3.05, 3.63) is 29.1 Å². The number of rotatable bonds is 3. The van der Waals surface area contributed by atoms with Crippen LogP contribution < -0.4 is 10.2 Å². The van der Waals surface area contributed by atoms with Crippen LogP contribution in [0.1, 0.15) is 53.8 Å². The molecule has 24 heavy (non-hydrogen) atoms. The molecule has 1 amide bonds. The summed E-state index contributed by atoms with van der Waals surface area (Å²) < 4.78 is 5.29. The van der Waals surface area contributed by atoms with E-state index in [1.54, 1.807) is 6.07 Å². The summed E-state index contributed by atoms with van der Waals surface area (Å²) >= 11 is 0. The maximum absolute atomic E-state index is 12.4. The summed E-state index contributed by atoms with van der Waals surface area (Å²) in [5, 5.41) is 15.1.